The molecule has 9 heteroatoms. The van der Waals surface area contributed by atoms with Crippen LogP contribution in [0.3, 0.4) is 0 Å². The Bertz CT molecular complexity index is 954. The van der Waals surface area contributed by atoms with Crippen LogP contribution in [0.4, 0.5) is 11.4 Å². The third-order valence-corrected chi connectivity index (χ3v) is 5.61. The summed E-state index contributed by atoms with van der Waals surface area (Å²) in [5, 5.41) is 3.93. The van der Waals surface area contributed by atoms with Crippen LogP contribution < -0.4 is 19.4 Å². The van der Waals surface area contributed by atoms with E-state index in [-0.39, 0.29) is 6.54 Å². The zero-order valence-corrected chi connectivity index (χ0v) is 18.5. The first-order chi connectivity index (χ1) is 14.3. The van der Waals surface area contributed by atoms with E-state index in [9.17, 15) is 13.2 Å². The van der Waals surface area contributed by atoms with E-state index in [1.165, 1.54) is 13.3 Å². The van der Waals surface area contributed by atoms with Crippen molar-refractivity contribution in [3.05, 3.63) is 54.1 Å². The Kier molecular flexibility index (Phi) is 8.23. The molecule has 2 aromatic rings. The minimum Gasteiger partial charge on any atom is -0.497 e. The molecule has 0 aliphatic heterocycles. The number of amides is 1. The van der Waals surface area contributed by atoms with Crippen molar-refractivity contribution < 1.29 is 17.9 Å². The Morgan fingerprint density at radius 3 is 2.10 bits per heavy atom. The van der Waals surface area contributed by atoms with Gasteiger partial charge in [0.15, 0.2) is 0 Å². The van der Waals surface area contributed by atoms with Gasteiger partial charge in [-0.25, -0.2) is 13.8 Å². The summed E-state index contributed by atoms with van der Waals surface area (Å²) in [6.45, 7) is 5.65. The monoisotopic (exact) mass is 432 g/mol. The highest BCUT2D eigenvalue weighted by Crippen LogP contribution is 2.21. The lowest BCUT2D eigenvalue weighted by molar-refractivity contribution is -0.119. The summed E-state index contributed by atoms with van der Waals surface area (Å²) in [7, 11) is -2.13. The lowest BCUT2D eigenvalue weighted by atomic mass is 10.2. The van der Waals surface area contributed by atoms with Gasteiger partial charge in [-0.2, -0.15) is 5.10 Å². The maximum absolute atomic E-state index is 12.2. The molecule has 162 valence electrons. The van der Waals surface area contributed by atoms with Gasteiger partial charge in [-0.15, -0.1) is 0 Å². The second-order valence-corrected chi connectivity index (χ2v) is 8.43. The molecule has 0 bridgehead atoms. The molecule has 0 spiro atoms. The molecule has 2 rings (SSSR count). The highest BCUT2D eigenvalue weighted by atomic mass is 32.2. The van der Waals surface area contributed by atoms with Crippen LogP contribution in [0.15, 0.2) is 53.6 Å². The topological polar surface area (TPSA) is 91.3 Å². The van der Waals surface area contributed by atoms with Gasteiger partial charge in [-0.1, -0.05) is 12.1 Å². The zero-order valence-electron chi connectivity index (χ0n) is 17.7. The van der Waals surface area contributed by atoms with Crippen LogP contribution in [0.5, 0.6) is 5.75 Å². The predicted molar refractivity (Wildman–Crippen MR) is 121 cm³/mol. The smallest absolute Gasteiger partial charge is 0.260 e. The number of benzene rings is 2. The van der Waals surface area contributed by atoms with E-state index in [0.717, 1.165) is 34.9 Å². The van der Waals surface area contributed by atoms with E-state index < -0.39 is 15.9 Å². The van der Waals surface area contributed by atoms with Crippen LogP contribution in [0.1, 0.15) is 19.4 Å². The standard InChI is InChI=1S/C21H28N4O4S/c1-5-24(6-2)18-9-7-17(8-10-18)15-22-23-21(26)16-25(30(4,27)28)19-11-13-20(29-3)14-12-19/h7-15H,5-6,16H2,1-4H3,(H,23,26)/b22-15-. The molecule has 1 N–H and O–H groups in total. The lowest BCUT2D eigenvalue weighted by Crippen LogP contribution is -2.39. The van der Waals surface area contributed by atoms with Crippen molar-refractivity contribution in [2.45, 2.75) is 13.8 Å². The lowest BCUT2D eigenvalue weighted by Gasteiger charge is -2.21. The average molecular weight is 433 g/mol. The molecule has 0 fully saturated rings. The largest absolute Gasteiger partial charge is 0.497 e. The molecule has 0 aliphatic carbocycles. The number of nitrogens with zero attached hydrogens (tertiary/aromatic N) is 3. The van der Waals surface area contributed by atoms with Crippen molar-refractivity contribution >= 4 is 33.5 Å². The first-order valence-electron chi connectivity index (χ1n) is 9.57. The molecule has 0 aromatic heterocycles. The van der Waals surface area contributed by atoms with Crippen LogP contribution in [-0.2, 0) is 14.8 Å². The van der Waals surface area contributed by atoms with E-state index in [1.807, 2.05) is 24.3 Å². The number of carbonyl (C=O) groups is 1. The van der Waals surface area contributed by atoms with Crippen LogP contribution >= 0.6 is 0 Å². The number of nitrogens with one attached hydrogen (secondary N) is 1. The number of anilines is 2. The summed E-state index contributed by atoms with van der Waals surface area (Å²) in [5.41, 5.74) is 4.68. The Balaban J connectivity index is 2.01. The molecular formula is C21H28N4O4S. The molecule has 0 atom stereocenters. The third-order valence-electron chi connectivity index (χ3n) is 4.47. The van der Waals surface area contributed by atoms with Crippen LogP contribution in [0, 0.1) is 0 Å². The van der Waals surface area contributed by atoms with Crippen molar-refractivity contribution in [3.8, 4) is 5.75 Å². The Morgan fingerprint density at radius 1 is 1.03 bits per heavy atom. The van der Waals surface area contributed by atoms with Crippen LogP contribution in [-0.4, -0.2) is 53.5 Å². The molecule has 1 amide bonds. The molecule has 8 nitrogen and oxygen atoms in total. The van der Waals surface area contributed by atoms with Crippen molar-refractivity contribution in [3.63, 3.8) is 0 Å². The number of rotatable bonds is 10. The maximum Gasteiger partial charge on any atom is 0.260 e. The summed E-state index contributed by atoms with van der Waals surface area (Å²) in [6.07, 6.45) is 2.56. The van der Waals surface area contributed by atoms with Gasteiger partial charge in [0.1, 0.15) is 12.3 Å². The number of methoxy groups -OCH3 is 1. The van der Waals surface area contributed by atoms with Crippen LogP contribution in [0.25, 0.3) is 0 Å². The predicted octanol–water partition coefficient (Wildman–Crippen LogP) is 2.46. The second kappa shape index (κ2) is 10.6. The zero-order chi connectivity index (χ0) is 22.1. The van der Waals surface area contributed by atoms with Crippen molar-refractivity contribution in [2.75, 3.05) is 42.2 Å². The number of hydrazone groups is 1. The minimum atomic E-state index is -3.65. The van der Waals surface area contributed by atoms with Gasteiger partial charge in [0.05, 0.1) is 25.3 Å². The molecule has 0 saturated heterocycles. The summed E-state index contributed by atoms with van der Waals surface area (Å²) in [5.74, 6) is 0.0421. The summed E-state index contributed by atoms with van der Waals surface area (Å²) < 4.78 is 30.3. The Labute approximate surface area is 178 Å². The van der Waals surface area contributed by atoms with E-state index in [1.54, 1.807) is 24.3 Å². The number of ether oxygens (including phenoxy) is 1. The normalized spacial score (nSPS) is 11.3. The summed E-state index contributed by atoms with van der Waals surface area (Å²) in [6, 6.07) is 14.2. The number of carbonyl (C=O) groups excluding carboxylic acids is 1. The van der Waals surface area contributed by atoms with Gasteiger partial charge in [0.25, 0.3) is 5.91 Å². The van der Waals surface area contributed by atoms with Gasteiger partial charge < -0.3 is 9.64 Å². The highest BCUT2D eigenvalue weighted by molar-refractivity contribution is 7.92. The third kappa shape index (κ3) is 6.48. The van der Waals surface area contributed by atoms with E-state index in [2.05, 4.69) is 29.3 Å². The fourth-order valence-corrected chi connectivity index (χ4v) is 3.71. The average Bonchev–Trinajstić information content (AvgIpc) is 2.73. The first kappa shape index (κ1) is 23.2. The second-order valence-electron chi connectivity index (χ2n) is 6.52. The molecule has 0 aliphatic rings. The first-order valence-corrected chi connectivity index (χ1v) is 11.4. The van der Waals surface area contributed by atoms with Gasteiger partial charge in [-0.3, -0.25) is 9.10 Å². The molecule has 0 saturated carbocycles. The van der Waals surface area contributed by atoms with Gasteiger partial charge in [0.2, 0.25) is 10.0 Å². The van der Waals surface area contributed by atoms with Crippen molar-refractivity contribution in [1.82, 2.24) is 5.43 Å². The SMILES string of the molecule is CCN(CC)c1ccc(/C=N\NC(=O)CN(c2ccc(OC)cc2)S(C)(=O)=O)cc1. The Hall–Kier alpha value is -3.07. The van der Waals surface area contributed by atoms with Crippen LogP contribution in [0.2, 0.25) is 0 Å². The molecule has 2 aromatic carbocycles. The highest BCUT2D eigenvalue weighted by Gasteiger charge is 2.20. The van der Waals surface area contributed by atoms with Crippen molar-refractivity contribution in [1.29, 1.82) is 0 Å². The van der Waals surface area contributed by atoms with Gasteiger partial charge >= 0.3 is 0 Å². The summed E-state index contributed by atoms with van der Waals surface area (Å²) >= 11 is 0. The molecule has 0 heterocycles. The molecule has 30 heavy (non-hydrogen) atoms. The van der Waals surface area contributed by atoms with Gasteiger partial charge in [-0.05, 0) is 55.8 Å². The fourth-order valence-electron chi connectivity index (χ4n) is 2.85. The van der Waals surface area contributed by atoms with E-state index >= 15 is 0 Å². The summed E-state index contributed by atoms with van der Waals surface area (Å²) in [4.78, 5) is 14.5. The quantitative estimate of drug-likeness (QED) is 0.460. The van der Waals surface area contributed by atoms with Crippen molar-refractivity contribution in [2.24, 2.45) is 5.10 Å². The van der Waals surface area contributed by atoms with Gasteiger partial charge in [0, 0.05) is 18.8 Å². The van der Waals surface area contributed by atoms with E-state index in [4.69, 9.17) is 4.74 Å². The Morgan fingerprint density at radius 2 is 1.60 bits per heavy atom. The molecule has 0 unspecified atom stereocenters. The fraction of sp³-hybridized carbons (Fsp3) is 0.333. The minimum absolute atomic E-state index is 0.365. The maximum atomic E-state index is 12.2. The van der Waals surface area contributed by atoms with E-state index in [0.29, 0.717) is 11.4 Å². The molecular weight excluding hydrogens is 404 g/mol. The molecule has 0 radical (unpaired) electrons. The number of hydrogen-bond acceptors (Lipinski definition) is 6. The number of hydrogen-bond donors (Lipinski definition) is 1. The number of sulfonamides is 1.